The summed E-state index contributed by atoms with van der Waals surface area (Å²) in [6.07, 6.45) is 0.763. The molecule has 1 rings (SSSR count). The lowest BCUT2D eigenvalue weighted by Crippen LogP contribution is -2.34. The summed E-state index contributed by atoms with van der Waals surface area (Å²) in [5.41, 5.74) is 3.46. The van der Waals surface area contributed by atoms with Crippen molar-refractivity contribution in [2.45, 2.75) is 20.3 Å². The number of hydrogen-bond acceptors (Lipinski definition) is 2. The second-order valence-electron chi connectivity index (χ2n) is 4.03. The molecule has 0 radical (unpaired) electrons. The molecule has 1 aromatic rings. The predicted molar refractivity (Wildman–Crippen MR) is 68.6 cm³/mol. The van der Waals surface area contributed by atoms with Gasteiger partial charge >= 0.3 is 6.03 Å². The number of carbonyl (C=O) groups is 1. The van der Waals surface area contributed by atoms with E-state index in [9.17, 15) is 4.79 Å². The van der Waals surface area contributed by atoms with Crippen LogP contribution in [0.3, 0.4) is 0 Å². The Morgan fingerprint density at radius 2 is 2.06 bits per heavy atom. The van der Waals surface area contributed by atoms with Crippen LogP contribution in [-0.2, 0) is 6.42 Å². The molecule has 0 heterocycles. The first-order chi connectivity index (χ1) is 8.08. The number of nitrogens with one attached hydrogen (secondary N) is 2. The number of rotatable bonds is 4. The van der Waals surface area contributed by atoms with Gasteiger partial charge in [-0.25, -0.2) is 4.79 Å². The van der Waals surface area contributed by atoms with Crippen LogP contribution in [0.1, 0.15) is 16.7 Å². The fourth-order valence-electron chi connectivity index (χ4n) is 1.92. The van der Waals surface area contributed by atoms with Crippen LogP contribution in [0.2, 0.25) is 0 Å². The van der Waals surface area contributed by atoms with E-state index in [4.69, 9.17) is 4.74 Å². The van der Waals surface area contributed by atoms with Crippen LogP contribution < -0.4 is 15.4 Å². The molecule has 0 bridgehead atoms. The Labute approximate surface area is 102 Å². The van der Waals surface area contributed by atoms with Gasteiger partial charge in [-0.05, 0) is 31.4 Å². The van der Waals surface area contributed by atoms with Crippen molar-refractivity contribution < 1.29 is 9.53 Å². The van der Waals surface area contributed by atoms with Crippen molar-refractivity contribution in [3.05, 3.63) is 28.8 Å². The van der Waals surface area contributed by atoms with Gasteiger partial charge in [0.1, 0.15) is 5.75 Å². The van der Waals surface area contributed by atoms with Crippen molar-refractivity contribution in [2.75, 3.05) is 20.7 Å². The molecule has 0 fully saturated rings. The van der Waals surface area contributed by atoms with Gasteiger partial charge in [0.05, 0.1) is 7.11 Å². The van der Waals surface area contributed by atoms with Crippen LogP contribution in [0.4, 0.5) is 4.79 Å². The Balaban J connectivity index is 2.72. The van der Waals surface area contributed by atoms with Crippen molar-refractivity contribution in [1.82, 2.24) is 10.6 Å². The highest BCUT2D eigenvalue weighted by molar-refractivity contribution is 5.73. The van der Waals surface area contributed by atoms with Gasteiger partial charge in [0.15, 0.2) is 0 Å². The van der Waals surface area contributed by atoms with E-state index in [1.54, 1.807) is 14.2 Å². The molecule has 1 aromatic carbocycles. The summed E-state index contributed by atoms with van der Waals surface area (Å²) in [5, 5.41) is 5.29. The molecule has 0 spiro atoms. The summed E-state index contributed by atoms with van der Waals surface area (Å²) < 4.78 is 5.39. The summed E-state index contributed by atoms with van der Waals surface area (Å²) in [6, 6.07) is 4.03. The van der Waals surface area contributed by atoms with Gasteiger partial charge in [-0.3, -0.25) is 0 Å². The normalized spacial score (nSPS) is 9.88. The van der Waals surface area contributed by atoms with E-state index < -0.39 is 0 Å². The zero-order valence-electron chi connectivity index (χ0n) is 10.9. The van der Waals surface area contributed by atoms with Crippen molar-refractivity contribution in [2.24, 2.45) is 0 Å². The summed E-state index contributed by atoms with van der Waals surface area (Å²) in [4.78, 5) is 11.0. The average Bonchev–Trinajstić information content (AvgIpc) is 2.28. The molecule has 0 atom stereocenters. The third-order valence-corrected chi connectivity index (χ3v) is 2.61. The lowest BCUT2D eigenvalue weighted by atomic mass is 10.0. The maximum atomic E-state index is 11.0. The first kappa shape index (κ1) is 13.4. The SMILES string of the molecule is CNC(=O)NCCc1cc(C)cc(C)c1OC. The second-order valence-corrected chi connectivity index (χ2v) is 4.03. The third-order valence-electron chi connectivity index (χ3n) is 2.61. The maximum Gasteiger partial charge on any atom is 0.314 e. The minimum atomic E-state index is -0.159. The molecule has 0 aliphatic carbocycles. The molecule has 94 valence electrons. The largest absolute Gasteiger partial charge is 0.496 e. The van der Waals surface area contributed by atoms with E-state index >= 15 is 0 Å². The number of urea groups is 1. The smallest absolute Gasteiger partial charge is 0.314 e. The topological polar surface area (TPSA) is 50.4 Å². The molecule has 0 aliphatic rings. The molecule has 4 heteroatoms. The van der Waals surface area contributed by atoms with Gasteiger partial charge in [0, 0.05) is 13.6 Å². The number of aryl methyl sites for hydroxylation is 2. The van der Waals surface area contributed by atoms with E-state index in [0.717, 1.165) is 23.3 Å². The van der Waals surface area contributed by atoms with Gasteiger partial charge < -0.3 is 15.4 Å². The first-order valence-corrected chi connectivity index (χ1v) is 5.68. The van der Waals surface area contributed by atoms with E-state index in [1.165, 1.54) is 5.56 Å². The number of carbonyl (C=O) groups excluding carboxylic acids is 1. The molecule has 0 saturated heterocycles. The molecule has 0 aromatic heterocycles. The fraction of sp³-hybridized carbons (Fsp3) is 0.462. The molecule has 0 saturated carbocycles. The number of methoxy groups -OCH3 is 1. The van der Waals surface area contributed by atoms with Crippen molar-refractivity contribution in [1.29, 1.82) is 0 Å². The maximum absolute atomic E-state index is 11.0. The molecule has 17 heavy (non-hydrogen) atoms. The monoisotopic (exact) mass is 236 g/mol. The van der Waals surface area contributed by atoms with Crippen LogP contribution >= 0.6 is 0 Å². The summed E-state index contributed by atoms with van der Waals surface area (Å²) in [6.45, 7) is 4.68. The molecule has 0 unspecified atom stereocenters. The predicted octanol–water partition coefficient (Wildman–Crippen LogP) is 1.78. The molecule has 4 nitrogen and oxygen atoms in total. The minimum Gasteiger partial charge on any atom is -0.496 e. The average molecular weight is 236 g/mol. The molecule has 2 N–H and O–H groups in total. The second kappa shape index (κ2) is 6.13. The zero-order chi connectivity index (χ0) is 12.8. The third kappa shape index (κ3) is 3.66. The quantitative estimate of drug-likeness (QED) is 0.837. The van der Waals surface area contributed by atoms with Gasteiger partial charge in [-0.2, -0.15) is 0 Å². The van der Waals surface area contributed by atoms with E-state index in [0.29, 0.717) is 6.54 Å². The molecular formula is C13H20N2O2. The Bertz CT molecular complexity index is 403. The lowest BCUT2D eigenvalue weighted by molar-refractivity contribution is 0.243. The Morgan fingerprint density at radius 1 is 1.35 bits per heavy atom. The van der Waals surface area contributed by atoms with E-state index in [1.807, 2.05) is 6.92 Å². The Morgan fingerprint density at radius 3 is 2.65 bits per heavy atom. The summed E-state index contributed by atoms with van der Waals surface area (Å²) >= 11 is 0. The van der Waals surface area contributed by atoms with Crippen molar-refractivity contribution in [3.8, 4) is 5.75 Å². The van der Waals surface area contributed by atoms with Gasteiger partial charge in [-0.1, -0.05) is 17.7 Å². The molecule has 0 aliphatic heterocycles. The van der Waals surface area contributed by atoms with Crippen LogP contribution in [0.15, 0.2) is 12.1 Å². The zero-order valence-corrected chi connectivity index (χ0v) is 10.9. The fourth-order valence-corrected chi connectivity index (χ4v) is 1.92. The lowest BCUT2D eigenvalue weighted by Gasteiger charge is -2.13. The molecule has 2 amide bonds. The van der Waals surface area contributed by atoms with Gasteiger partial charge in [-0.15, -0.1) is 0 Å². The summed E-state index contributed by atoms with van der Waals surface area (Å²) in [7, 11) is 3.28. The summed E-state index contributed by atoms with van der Waals surface area (Å²) in [5.74, 6) is 0.911. The van der Waals surface area contributed by atoms with Crippen LogP contribution in [0.5, 0.6) is 5.75 Å². The highest BCUT2D eigenvalue weighted by Crippen LogP contribution is 2.25. The first-order valence-electron chi connectivity index (χ1n) is 5.68. The molecular weight excluding hydrogens is 216 g/mol. The number of benzene rings is 1. The van der Waals surface area contributed by atoms with Crippen LogP contribution in [0, 0.1) is 13.8 Å². The van der Waals surface area contributed by atoms with E-state index in [2.05, 4.69) is 29.7 Å². The van der Waals surface area contributed by atoms with Crippen LogP contribution in [-0.4, -0.2) is 26.7 Å². The number of ether oxygens (including phenoxy) is 1. The Kier molecular flexibility index (Phi) is 4.82. The highest BCUT2D eigenvalue weighted by atomic mass is 16.5. The van der Waals surface area contributed by atoms with Crippen molar-refractivity contribution >= 4 is 6.03 Å². The number of amides is 2. The van der Waals surface area contributed by atoms with E-state index in [-0.39, 0.29) is 6.03 Å². The van der Waals surface area contributed by atoms with Crippen molar-refractivity contribution in [3.63, 3.8) is 0 Å². The minimum absolute atomic E-state index is 0.159. The van der Waals surface area contributed by atoms with Gasteiger partial charge in [0.2, 0.25) is 0 Å². The van der Waals surface area contributed by atoms with Gasteiger partial charge in [0.25, 0.3) is 0 Å². The highest BCUT2D eigenvalue weighted by Gasteiger charge is 2.07. The Hall–Kier alpha value is -1.71. The number of hydrogen-bond donors (Lipinski definition) is 2. The van der Waals surface area contributed by atoms with Crippen LogP contribution in [0.25, 0.3) is 0 Å². The standard InChI is InChI=1S/C13H20N2O2/c1-9-7-10(2)12(17-4)11(8-9)5-6-15-13(16)14-3/h7-8H,5-6H2,1-4H3,(H2,14,15,16).